The van der Waals surface area contributed by atoms with Crippen molar-refractivity contribution in [3.8, 4) is 0 Å². The zero-order valence-electron chi connectivity index (χ0n) is 21.0. The fourth-order valence-corrected chi connectivity index (χ4v) is 5.25. The Morgan fingerprint density at radius 3 is 2.42 bits per heavy atom. The van der Waals surface area contributed by atoms with Gasteiger partial charge in [0, 0.05) is 24.6 Å². The highest BCUT2D eigenvalue weighted by Gasteiger charge is 2.34. The second-order valence-corrected chi connectivity index (χ2v) is 10.3. The summed E-state index contributed by atoms with van der Waals surface area (Å²) in [5, 5.41) is 4.35. The molecule has 1 aliphatic rings. The quantitative estimate of drug-likeness (QED) is 0.343. The van der Waals surface area contributed by atoms with Crippen LogP contribution < -0.4 is 5.32 Å². The lowest BCUT2D eigenvalue weighted by Gasteiger charge is -2.29. The predicted molar refractivity (Wildman–Crippen MR) is 141 cm³/mol. The second kappa shape index (κ2) is 12.4. The summed E-state index contributed by atoms with van der Waals surface area (Å²) in [6.45, 7) is 3.03. The van der Waals surface area contributed by atoms with Crippen LogP contribution >= 0.6 is 11.3 Å². The summed E-state index contributed by atoms with van der Waals surface area (Å²) in [7, 11) is 0. The molecule has 4 rings (SSSR count). The molecule has 0 saturated carbocycles. The normalized spacial score (nSPS) is 15.3. The van der Waals surface area contributed by atoms with Gasteiger partial charge in [-0.25, -0.2) is 4.79 Å². The van der Waals surface area contributed by atoms with Crippen molar-refractivity contribution in [2.75, 3.05) is 25.0 Å². The van der Waals surface area contributed by atoms with Crippen molar-refractivity contribution >= 4 is 29.0 Å². The molecule has 1 aromatic heterocycles. The van der Waals surface area contributed by atoms with Crippen LogP contribution in [0.5, 0.6) is 0 Å². The monoisotopic (exact) mass is 545 g/mol. The second-order valence-electron chi connectivity index (χ2n) is 9.25. The highest BCUT2D eigenvalue weighted by atomic mass is 32.1. The Morgan fingerprint density at radius 2 is 1.76 bits per heavy atom. The summed E-state index contributed by atoms with van der Waals surface area (Å²) < 4.78 is 46.2. The molecular weight excluding hydrogens is 515 g/mol. The average Bonchev–Trinajstić information content (AvgIpc) is 3.55. The number of rotatable bonds is 9. The molecule has 3 amide bonds. The van der Waals surface area contributed by atoms with Crippen molar-refractivity contribution in [2.24, 2.45) is 0 Å². The van der Waals surface area contributed by atoms with E-state index in [9.17, 15) is 22.8 Å². The summed E-state index contributed by atoms with van der Waals surface area (Å²) in [5.74, 6) is -0.307. The van der Waals surface area contributed by atoms with E-state index in [1.807, 2.05) is 48.7 Å². The van der Waals surface area contributed by atoms with Gasteiger partial charge in [-0.05, 0) is 54.5 Å². The Balaban J connectivity index is 1.56. The van der Waals surface area contributed by atoms with Crippen molar-refractivity contribution < 1.29 is 27.5 Å². The van der Waals surface area contributed by atoms with Crippen LogP contribution in [0.2, 0.25) is 0 Å². The summed E-state index contributed by atoms with van der Waals surface area (Å²) in [4.78, 5) is 30.9. The van der Waals surface area contributed by atoms with E-state index >= 15 is 0 Å². The van der Waals surface area contributed by atoms with Crippen molar-refractivity contribution in [1.29, 1.82) is 0 Å². The number of anilines is 1. The molecule has 38 heavy (non-hydrogen) atoms. The van der Waals surface area contributed by atoms with E-state index in [2.05, 4.69) is 5.32 Å². The third kappa shape index (κ3) is 7.35. The number of para-hydroxylation sites is 1. The molecule has 1 atom stereocenters. The number of aryl methyl sites for hydroxylation is 1. The molecule has 0 spiro atoms. The lowest BCUT2D eigenvalue weighted by Crippen LogP contribution is -2.47. The Morgan fingerprint density at radius 1 is 1.03 bits per heavy atom. The average molecular weight is 546 g/mol. The first kappa shape index (κ1) is 27.7. The number of carbonyl (C=O) groups is 2. The lowest BCUT2D eigenvalue weighted by molar-refractivity contribution is -0.137. The van der Waals surface area contributed by atoms with Crippen LogP contribution in [0.4, 0.5) is 23.7 Å². The van der Waals surface area contributed by atoms with Gasteiger partial charge in [0.05, 0.1) is 23.9 Å². The molecule has 0 radical (unpaired) electrons. The summed E-state index contributed by atoms with van der Waals surface area (Å²) >= 11 is 1.55. The molecule has 202 valence electrons. The van der Waals surface area contributed by atoms with Crippen LogP contribution in [0.1, 0.15) is 34.4 Å². The van der Waals surface area contributed by atoms with Crippen LogP contribution in [-0.4, -0.2) is 47.5 Å². The number of hydrogen-bond acceptors (Lipinski definition) is 4. The van der Waals surface area contributed by atoms with Crippen LogP contribution in [-0.2, 0) is 28.8 Å². The Hall–Kier alpha value is -3.37. The smallest absolute Gasteiger partial charge is 0.376 e. The van der Waals surface area contributed by atoms with E-state index in [0.29, 0.717) is 26.1 Å². The van der Waals surface area contributed by atoms with Gasteiger partial charge < -0.3 is 19.9 Å². The number of carbonyl (C=O) groups excluding carboxylic acids is 2. The molecule has 1 unspecified atom stereocenters. The zero-order valence-corrected chi connectivity index (χ0v) is 21.9. The van der Waals surface area contributed by atoms with Gasteiger partial charge in [0.2, 0.25) is 5.91 Å². The van der Waals surface area contributed by atoms with E-state index in [0.717, 1.165) is 28.5 Å². The third-order valence-corrected chi connectivity index (χ3v) is 7.41. The van der Waals surface area contributed by atoms with Crippen molar-refractivity contribution in [2.45, 2.75) is 45.1 Å². The first-order valence-corrected chi connectivity index (χ1v) is 13.3. The number of nitrogens with one attached hydrogen (secondary N) is 1. The van der Waals surface area contributed by atoms with Gasteiger partial charge in [-0.2, -0.15) is 13.2 Å². The minimum Gasteiger partial charge on any atom is -0.376 e. The Labute approximate surface area is 224 Å². The van der Waals surface area contributed by atoms with Gasteiger partial charge >= 0.3 is 12.2 Å². The van der Waals surface area contributed by atoms with Gasteiger partial charge in [0.25, 0.3) is 0 Å². The topological polar surface area (TPSA) is 61.9 Å². The number of thiophene rings is 1. The van der Waals surface area contributed by atoms with E-state index in [4.69, 9.17) is 4.74 Å². The fraction of sp³-hybridized carbons (Fsp3) is 0.357. The number of hydrogen-bond donors (Lipinski definition) is 1. The van der Waals surface area contributed by atoms with E-state index in [-0.39, 0.29) is 30.8 Å². The molecule has 3 aromatic rings. The largest absolute Gasteiger partial charge is 0.418 e. The van der Waals surface area contributed by atoms with Crippen LogP contribution in [0, 0.1) is 6.92 Å². The summed E-state index contributed by atoms with van der Waals surface area (Å²) in [6, 6.07) is 15.5. The molecule has 1 aliphatic heterocycles. The highest BCUT2D eigenvalue weighted by molar-refractivity contribution is 7.10. The number of nitrogens with zero attached hydrogens (tertiary/aromatic N) is 2. The zero-order chi connectivity index (χ0) is 27.1. The van der Waals surface area contributed by atoms with Crippen LogP contribution in [0.15, 0.2) is 66.0 Å². The molecule has 0 bridgehead atoms. The van der Waals surface area contributed by atoms with Crippen molar-refractivity contribution in [3.63, 3.8) is 0 Å². The van der Waals surface area contributed by atoms with E-state index < -0.39 is 17.8 Å². The summed E-state index contributed by atoms with van der Waals surface area (Å²) in [6.07, 6.45) is -3.39. The molecule has 1 saturated heterocycles. The first-order chi connectivity index (χ1) is 18.2. The van der Waals surface area contributed by atoms with E-state index in [1.165, 1.54) is 23.1 Å². The molecule has 2 heterocycles. The molecule has 0 aliphatic carbocycles. The standard InChI is InChI=1S/C28H30F3N3O3S/c1-20-13-15-38-25(20)18-33(16-21-8-3-2-4-9-21)26(35)19-34(17-22-10-7-14-37-22)27(36)32-24-12-6-5-11-23(24)28(29,30)31/h2-6,8-9,11-13,15,22H,7,10,14,16-19H2,1H3,(H,32,36). The maximum absolute atomic E-state index is 13.6. The maximum Gasteiger partial charge on any atom is 0.418 e. The van der Waals surface area contributed by atoms with Gasteiger partial charge in [-0.1, -0.05) is 42.5 Å². The lowest BCUT2D eigenvalue weighted by atomic mass is 10.1. The van der Waals surface area contributed by atoms with Crippen LogP contribution in [0.25, 0.3) is 0 Å². The molecule has 2 aromatic carbocycles. The molecule has 6 nitrogen and oxygen atoms in total. The van der Waals surface area contributed by atoms with Crippen LogP contribution in [0.3, 0.4) is 0 Å². The predicted octanol–water partition coefficient (Wildman–Crippen LogP) is 6.32. The first-order valence-electron chi connectivity index (χ1n) is 12.4. The molecular formula is C28H30F3N3O3S. The maximum atomic E-state index is 13.6. The van der Waals surface area contributed by atoms with Gasteiger partial charge in [-0.15, -0.1) is 11.3 Å². The SMILES string of the molecule is Cc1ccsc1CN(Cc1ccccc1)C(=O)CN(CC1CCCO1)C(=O)Nc1ccccc1C(F)(F)F. The third-order valence-electron chi connectivity index (χ3n) is 6.41. The number of halogens is 3. The Kier molecular flexibility index (Phi) is 9.06. The number of urea groups is 1. The van der Waals surface area contributed by atoms with Gasteiger partial charge in [0.1, 0.15) is 6.54 Å². The Bertz CT molecular complexity index is 1230. The van der Waals surface area contributed by atoms with Crippen molar-refractivity contribution in [3.05, 3.63) is 87.6 Å². The summed E-state index contributed by atoms with van der Waals surface area (Å²) in [5.41, 5.74) is 0.698. The van der Waals surface area contributed by atoms with Gasteiger partial charge in [0.15, 0.2) is 0 Å². The molecule has 1 N–H and O–H groups in total. The minimum atomic E-state index is -4.63. The minimum absolute atomic E-state index is 0.100. The van der Waals surface area contributed by atoms with E-state index in [1.54, 1.807) is 16.2 Å². The number of ether oxygens (including phenoxy) is 1. The van der Waals surface area contributed by atoms with Gasteiger partial charge in [-0.3, -0.25) is 4.79 Å². The number of benzene rings is 2. The number of alkyl halides is 3. The van der Waals surface area contributed by atoms with Crippen molar-refractivity contribution in [1.82, 2.24) is 9.80 Å². The fourth-order valence-electron chi connectivity index (χ4n) is 4.33. The number of amides is 3. The highest BCUT2D eigenvalue weighted by Crippen LogP contribution is 2.34. The molecule has 1 fully saturated rings. The molecule has 10 heteroatoms.